The molecular formula is C24H15BrClN3O6. The van der Waals surface area contributed by atoms with Crippen LogP contribution >= 0.6 is 27.5 Å². The lowest BCUT2D eigenvalue weighted by molar-refractivity contribution is -0.384. The summed E-state index contributed by atoms with van der Waals surface area (Å²) in [5.74, 6) is -1.47. The van der Waals surface area contributed by atoms with E-state index in [1.54, 1.807) is 42.5 Å². The number of non-ortho nitro benzene ring substituents is 1. The first kappa shape index (κ1) is 23.0. The summed E-state index contributed by atoms with van der Waals surface area (Å²) in [7, 11) is 1.48. The van der Waals surface area contributed by atoms with Gasteiger partial charge in [-0.25, -0.2) is 0 Å². The van der Waals surface area contributed by atoms with Crippen LogP contribution in [0.2, 0.25) is 5.02 Å². The highest BCUT2D eigenvalue weighted by molar-refractivity contribution is 9.10. The second-order valence-corrected chi connectivity index (χ2v) is 9.28. The molecule has 2 aliphatic rings. The van der Waals surface area contributed by atoms with Crippen LogP contribution in [0.25, 0.3) is 0 Å². The maximum absolute atomic E-state index is 13.5. The fourth-order valence-corrected chi connectivity index (χ4v) is 4.98. The van der Waals surface area contributed by atoms with E-state index in [4.69, 9.17) is 16.3 Å². The minimum atomic E-state index is -1.18. The number of halogens is 2. The minimum Gasteiger partial charge on any atom is -0.496 e. The Morgan fingerprint density at radius 2 is 1.60 bits per heavy atom. The molecule has 3 aromatic carbocycles. The van der Waals surface area contributed by atoms with Crippen molar-refractivity contribution >= 4 is 56.6 Å². The molecule has 5 rings (SSSR count). The first-order chi connectivity index (χ1) is 16.7. The Labute approximate surface area is 212 Å². The van der Waals surface area contributed by atoms with Gasteiger partial charge in [-0.3, -0.25) is 29.4 Å². The number of nitrogens with zero attached hydrogens (tertiary/aromatic N) is 3. The van der Waals surface area contributed by atoms with Crippen molar-refractivity contribution in [3.63, 3.8) is 0 Å². The van der Waals surface area contributed by atoms with Gasteiger partial charge in [-0.15, -0.1) is 0 Å². The number of rotatable bonds is 5. The average molecular weight is 557 g/mol. The van der Waals surface area contributed by atoms with E-state index in [0.29, 0.717) is 26.5 Å². The number of carbonyl (C=O) groups is 3. The van der Waals surface area contributed by atoms with Gasteiger partial charge in [0.2, 0.25) is 0 Å². The molecule has 0 bridgehead atoms. The van der Waals surface area contributed by atoms with E-state index in [1.807, 2.05) is 0 Å². The van der Waals surface area contributed by atoms with Gasteiger partial charge in [0.1, 0.15) is 11.8 Å². The monoisotopic (exact) mass is 555 g/mol. The molecule has 0 aromatic heterocycles. The topological polar surface area (TPSA) is 110 Å². The molecule has 3 amide bonds. The number of imide groups is 1. The molecule has 2 heterocycles. The van der Waals surface area contributed by atoms with Crippen LogP contribution in [0, 0.1) is 10.1 Å². The zero-order valence-corrected chi connectivity index (χ0v) is 20.3. The van der Waals surface area contributed by atoms with Crippen molar-refractivity contribution in [3.05, 3.63) is 97.0 Å². The van der Waals surface area contributed by atoms with Crippen molar-refractivity contribution in [2.75, 3.05) is 12.0 Å². The predicted molar refractivity (Wildman–Crippen MR) is 130 cm³/mol. The Hall–Kier alpha value is -3.76. The largest absolute Gasteiger partial charge is 0.496 e. The molecule has 1 saturated heterocycles. The second-order valence-electron chi connectivity index (χ2n) is 7.93. The third-order valence-electron chi connectivity index (χ3n) is 6.07. The van der Waals surface area contributed by atoms with Crippen LogP contribution in [0.4, 0.5) is 11.4 Å². The molecular weight excluding hydrogens is 542 g/mol. The molecule has 0 N–H and O–H groups in total. The van der Waals surface area contributed by atoms with Crippen molar-refractivity contribution in [1.82, 2.24) is 4.90 Å². The van der Waals surface area contributed by atoms with Crippen molar-refractivity contribution in [2.24, 2.45) is 0 Å². The summed E-state index contributed by atoms with van der Waals surface area (Å²) in [6.07, 6.45) is 0. The zero-order valence-electron chi connectivity index (χ0n) is 18.0. The van der Waals surface area contributed by atoms with Crippen molar-refractivity contribution in [3.8, 4) is 5.75 Å². The number of amides is 3. The lowest BCUT2D eigenvalue weighted by Gasteiger charge is -2.50. The Morgan fingerprint density at radius 3 is 2.26 bits per heavy atom. The van der Waals surface area contributed by atoms with Crippen LogP contribution in [0.3, 0.4) is 0 Å². The number of hydrogen-bond donors (Lipinski definition) is 0. The molecule has 2 aliphatic heterocycles. The van der Waals surface area contributed by atoms with Gasteiger partial charge < -0.3 is 9.64 Å². The van der Waals surface area contributed by atoms with Gasteiger partial charge in [0.05, 0.1) is 29.2 Å². The Bertz CT molecular complexity index is 1430. The SMILES string of the molecule is COc1ccc(Br)cc1C1C(N2C(=O)c3ccc([N+](=O)[O-])cc3C2=O)C(=O)N1c1ccc(Cl)cc1. The number of benzene rings is 3. The average Bonchev–Trinajstić information content (AvgIpc) is 3.08. The fraction of sp³-hybridized carbons (Fsp3) is 0.125. The van der Waals surface area contributed by atoms with Crippen LogP contribution in [-0.2, 0) is 4.79 Å². The maximum Gasteiger partial charge on any atom is 0.270 e. The number of hydrogen-bond acceptors (Lipinski definition) is 6. The molecule has 1 fully saturated rings. The molecule has 9 nitrogen and oxygen atoms in total. The normalized spacial score (nSPS) is 19.0. The summed E-state index contributed by atoms with van der Waals surface area (Å²) >= 11 is 9.45. The number of nitro groups is 1. The first-order valence-electron chi connectivity index (χ1n) is 10.3. The summed E-state index contributed by atoms with van der Waals surface area (Å²) in [6.45, 7) is 0. The van der Waals surface area contributed by atoms with Crippen LogP contribution in [0.5, 0.6) is 5.75 Å². The fourth-order valence-electron chi connectivity index (χ4n) is 4.47. The smallest absolute Gasteiger partial charge is 0.270 e. The number of nitro benzene ring substituents is 1. The molecule has 0 spiro atoms. The molecule has 0 radical (unpaired) electrons. The van der Waals surface area contributed by atoms with Gasteiger partial charge >= 0.3 is 0 Å². The van der Waals surface area contributed by atoms with E-state index in [2.05, 4.69) is 15.9 Å². The Kier molecular flexibility index (Phi) is 5.57. The van der Waals surface area contributed by atoms with Crippen molar-refractivity contribution in [2.45, 2.75) is 12.1 Å². The second kappa shape index (κ2) is 8.47. The van der Waals surface area contributed by atoms with E-state index in [1.165, 1.54) is 18.1 Å². The van der Waals surface area contributed by atoms with E-state index >= 15 is 0 Å². The molecule has 2 unspecified atom stereocenters. The van der Waals surface area contributed by atoms with Gasteiger partial charge in [0.15, 0.2) is 0 Å². The summed E-state index contributed by atoms with van der Waals surface area (Å²) in [4.78, 5) is 53.0. The van der Waals surface area contributed by atoms with Gasteiger partial charge in [-0.2, -0.15) is 0 Å². The van der Waals surface area contributed by atoms with Crippen LogP contribution in [-0.4, -0.2) is 40.7 Å². The molecule has 11 heteroatoms. The van der Waals surface area contributed by atoms with Gasteiger partial charge in [0.25, 0.3) is 23.4 Å². The van der Waals surface area contributed by atoms with E-state index in [9.17, 15) is 24.5 Å². The van der Waals surface area contributed by atoms with Crippen LogP contribution in [0.15, 0.2) is 65.1 Å². The number of β-lactam (4-membered cyclic amide) rings is 1. The van der Waals surface area contributed by atoms with Gasteiger partial charge in [-0.05, 0) is 48.5 Å². The van der Waals surface area contributed by atoms with Crippen molar-refractivity contribution in [1.29, 1.82) is 0 Å². The minimum absolute atomic E-state index is 0.0123. The highest BCUT2D eigenvalue weighted by atomic mass is 79.9. The molecule has 0 saturated carbocycles. The molecule has 35 heavy (non-hydrogen) atoms. The summed E-state index contributed by atoms with van der Waals surface area (Å²) in [5.41, 5.74) is 0.679. The lowest BCUT2D eigenvalue weighted by atomic mass is 9.85. The number of carbonyl (C=O) groups excluding carboxylic acids is 3. The Morgan fingerprint density at radius 1 is 0.914 bits per heavy atom. The summed E-state index contributed by atoms with van der Waals surface area (Å²) in [5, 5.41) is 11.7. The first-order valence-corrected chi connectivity index (χ1v) is 11.5. The summed E-state index contributed by atoms with van der Waals surface area (Å²) < 4.78 is 6.23. The maximum atomic E-state index is 13.5. The number of methoxy groups -OCH3 is 1. The van der Waals surface area contributed by atoms with Crippen LogP contribution in [0.1, 0.15) is 32.3 Å². The summed E-state index contributed by atoms with van der Waals surface area (Å²) in [6, 6.07) is 13.3. The quantitative estimate of drug-likeness (QED) is 0.194. The number of ether oxygens (including phenoxy) is 1. The Balaban J connectivity index is 1.62. The van der Waals surface area contributed by atoms with E-state index in [0.717, 1.165) is 17.0 Å². The van der Waals surface area contributed by atoms with Crippen molar-refractivity contribution < 1.29 is 24.0 Å². The predicted octanol–water partition coefficient (Wildman–Crippen LogP) is 4.77. The molecule has 2 atom stereocenters. The molecule has 176 valence electrons. The lowest BCUT2D eigenvalue weighted by Crippen LogP contribution is -2.67. The third-order valence-corrected chi connectivity index (χ3v) is 6.82. The van der Waals surface area contributed by atoms with E-state index in [-0.39, 0.29) is 16.8 Å². The highest BCUT2D eigenvalue weighted by Gasteiger charge is 2.58. The van der Waals surface area contributed by atoms with Gasteiger partial charge in [0, 0.05) is 32.9 Å². The number of anilines is 1. The molecule has 3 aromatic rings. The van der Waals surface area contributed by atoms with Gasteiger partial charge in [-0.1, -0.05) is 27.5 Å². The third kappa shape index (κ3) is 3.57. The number of fused-ring (bicyclic) bond motifs is 1. The highest BCUT2D eigenvalue weighted by Crippen LogP contribution is 2.47. The zero-order chi connectivity index (χ0) is 25.0. The standard InChI is InChI=1S/C24H15BrClN3O6/c1-35-19-9-2-12(25)10-18(19)20-21(24(32)27(20)14-5-3-13(26)4-6-14)28-22(30)16-8-7-15(29(33)34)11-17(16)23(28)31/h2-11,20-21H,1H3. The molecule has 0 aliphatic carbocycles. The van der Waals surface area contributed by atoms with E-state index < -0.39 is 34.7 Å². The van der Waals surface area contributed by atoms with Crippen LogP contribution < -0.4 is 9.64 Å².